The molecule has 0 saturated heterocycles. The molecule has 0 radical (unpaired) electrons. The molecular weight excluding hydrogens is 663 g/mol. The first-order chi connectivity index (χ1) is 27.2. The number of nitrogens with zero attached hydrogens (tertiary/aromatic N) is 1. The van der Waals surface area contributed by atoms with Gasteiger partial charge >= 0.3 is 0 Å². The van der Waals surface area contributed by atoms with Crippen LogP contribution in [0.3, 0.4) is 0 Å². The zero-order chi connectivity index (χ0) is 35.8. The van der Waals surface area contributed by atoms with Crippen LogP contribution >= 0.6 is 0 Å². The van der Waals surface area contributed by atoms with E-state index in [1.54, 1.807) is 0 Å². The summed E-state index contributed by atoms with van der Waals surface area (Å²) in [6, 6.07) is 70.5. The minimum Gasteiger partial charge on any atom is -0.309 e. The average molecular weight is 694 g/mol. The van der Waals surface area contributed by atoms with Crippen LogP contribution in [0.15, 0.2) is 188 Å². The summed E-state index contributed by atoms with van der Waals surface area (Å²) in [4.78, 5) is 0. The molecule has 1 nitrogen and oxygen atoms in total. The molecule has 0 saturated carbocycles. The van der Waals surface area contributed by atoms with E-state index in [0.717, 1.165) is 5.69 Å². The third kappa shape index (κ3) is 4.07. The highest BCUT2D eigenvalue weighted by atomic mass is 15.0. The SMILES string of the molecule is c1ccc(-n2c3cc(-c4cc5ccc6cccc7ccc(c4)c5c67)ccc3c3cc4cccc(-c5cc6ccc7cccc8ccc(c5)c6c78)c4cc32)cc1. The van der Waals surface area contributed by atoms with Crippen LogP contribution in [0.1, 0.15) is 0 Å². The minimum atomic E-state index is 1.16. The summed E-state index contributed by atoms with van der Waals surface area (Å²) in [7, 11) is 0. The van der Waals surface area contributed by atoms with Crippen molar-refractivity contribution in [3.05, 3.63) is 188 Å². The second-order valence-corrected chi connectivity index (χ2v) is 15.3. The topological polar surface area (TPSA) is 4.93 Å². The van der Waals surface area contributed by atoms with Crippen LogP contribution in [0.2, 0.25) is 0 Å². The zero-order valence-corrected chi connectivity index (χ0v) is 29.8. The molecule has 13 aromatic rings. The lowest BCUT2D eigenvalue weighted by Gasteiger charge is -2.14. The van der Waals surface area contributed by atoms with Gasteiger partial charge in [-0.1, -0.05) is 133 Å². The van der Waals surface area contributed by atoms with E-state index < -0.39 is 0 Å². The predicted molar refractivity (Wildman–Crippen MR) is 237 cm³/mol. The Morgan fingerprint density at radius 2 is 0.745 bits per heavy atom. The van der Waals surface area contributed by atoms with E-state index in [2.05, 4.69) is 193 Å². The predicted octanol–water partition coefficient (Wildman–Crippen LogP) is 15.1. The monoisotopic (exact) mass is 693 g/mol. The third-order valence-electron chi connectivity index (χ3n) is 12.4. The molecule has 0 bridgehead atoms. The summed E-state index contributed by atoms with van der Waals surface area (Å²) in [5.74, 6) is 0. The van der Waals surface area contributed by atoms with Crippen molar-refractivity contribution in [3.63, 3.8) is 0 Å². The van der Waals surface area contributed by atoms with Gasteiger partial charge in [-0.2, -0.15) is 0 Å². The molecule has 0 unspecified atom stereocenters. The van der Waals surface area contributed by atoms with Crippen molar-refractivity contribution in [2.75, 3.05) is 0 Å². The maximum Gasteiger partial charge on any atom is 0.0547 e. The largest absolute Gasteiger partial charge is 0.309 e. The highest BCUT2D eigenvalue weighted by Crippen LogP contribution is 2.43. The van der Waals surface area contributed by atoms with E-state index in [1.807, 2.05) is 0 Å². The molecule has 0 fully saturated rings. The third-order valence-corrected chi connectivity index (χ3v) is 12.4. The first-order valence-electron chi connectivity index (χ1n) is 19.2. The summed E-state index contributed by atoms with van der Waals surface area (Å²) in [5.41, 5.74) is 8.54. The summed E-state index contributed by atoms with van der Waals surface area (Å²) in [6.07, 6.45) is 0. The first-order valence-corrected chi connectivity index (χ1v) is 19.2. The summed E-state index contributed by atoms with van der Waals surface area (Å²) < 4.78 is 2.47. The molecule has 0 aliphatic rings. The molecular formula is C54H31N. The van der Waals surface area contributed by atoms with Crippen molar-refractivity contribution in [1.82, 2.24) is 4.57 Å². The lowest BCUT2D eigenvalue weighted by atomic mass is 9.90. The quantitative estimate of drug-likeness (QED) is 0.162. The normalized spacial score (nSPS) is 12.4. The molecule has 1 aromatic heterocycles. The van der Waals surface area contributed by atoms with Gasteiger partial charge in [-0.15, -0.1) is 0 Å². The van der Waals surface area contributed by atoms with Crippen LogP contribution in [0.5, 0.6) is 0 Å². The Morgan fingerprint density at radius 1 is 0.255 bits per heavy atom. The Hall–Kier alpha value is -7.22. The standard InChI is InChI=1S/C54H31N/c1-2-12-44(13-3-1)55-49-30-36(42-25-38-19-15-32-7-4-8-33-16-20-39(26-42)53(38)51(32)33)23-24-46(49)48-29-37-11-6-14-45(47(37)31-50(48)55)43-27-40-21-17-34-9-5-10-35-18-22-41(28-43)54(40)52(34)35/h1-31H. The van der Waals surface area contributed by atoms with Crippen LogP contribution in [0.25, 0.3) is 125 Å². The fourth-order valence-electron chi connectivity index (χ4n) is 9.90. The van der Waals surface area contributed by atoms with Crippen molar-refractivity contribution in [2.45, 2.75) is 0 Å². The van der Waals surface area contributed by atoms with E-state index in [9.17, 15) is 0 Å². The Bertz CT molecular complexity index is 3570. The fraction of sp³-hybridized carbons (Fsp3) is 0. The van der Waals surface area contributed by atoms with Crippen molar-refractivity contribution in [1.29, 1.82) is 0 Å². The van der Waals surface area contributed by atoms with E-state index in [1.165, 1.54) is 119 Å². The molecule has 1 heteroatoms. The summed E-state index contributed by atoms with van der Waals surface area (Å²) in [5, 5.41) is 20.8. The molecule has 252 valence electrons. The molecule has 13 rings (SSSR count). The summed E-state index contributed by atoms with van der Waals surface area (Å²) in [6.45, 7) is 0. The van der Waals surface area contributed by atoms with Gasteiger partial charge in [0.25, 0.3) is 0 Å². The number of para-hydroxylation sites is 1. The summed E-state index contributed by atoms with van der Waals surface area (Å²) >= 11 is 0. The number of benzene rings is 12. The number of hydrogen-bond donors (Lipinski definition) is 0. The Kier molecular flexibility index (Phi) is 5.69. The molecule has 0 atom stereocenters. The van der Waals surface area contributed by atoms with Gasteiger partial charge in [-0.25, -0.2) is 0 Å². The van der Waals surface area contributed by atoms with E-state index in [4.69, 9.17) is 0 Å². The molecule has 1 heterocycles. The van der Waals surface area contributed by atoms with Crippen molar-refractivity contribution < 1.29 is 0 Å². The smallest absolute Gasteiger partial charge is 0.0547 e. The molecule has 0 spiro atoms. The van der Waals surface area contributed by atoms with Crippen LogP contribution < -0.4 is 0 Å². The average Bonchev–Trinajstić information content (AvgIpc) is 3.56. The maximum atomic E-state index is 2.47. The molecule has 0 N–H and O–H groups in total. The first kappa shape index (κ1) is 29.3. The minimum absolute atomic E-state index is 1.16. The highest BCUT2D eigenvalue weighted by molar-refractivity contribution is 6.25. The molecule has 12 aromatic carbocycles. The van der Waals surface area contributed by atoms with Crippen LogP contribution in [0, 0.1) is 0 Å². The molecule has 0 amide bonds. The molecule has 0 aliphatic heterocycles. The van der Waals surface area contributed by atoms with Gasteiger partial charge in [-0.3, -0.25) is 0 Å². The van der Waals surface area contributed by atoms with E-state index in [-0.39, 0.29) is 0 Å². The Balaban J connectivity index is 1.05. The maximum absolute atomic E-state index is 2.47. The Labute approximate surface area is 316 Å². The number of fused-ring (bicyclic) bond motifs is 4. The van der Waals surface area contributed by atoms with Gasteiger partial charge in [0.1, 0.15) is 0 Å². The van der Waals surface area contributed by atoms with Crippen molar-refractivity contribution in [3.8, 4) is 27.9 Å². The lowest BCUT2D eigenvalue weighted by Crippen LogP contribution is -1.94. The fourth-order valence-corrected chi connectivity index (χ4v) is 9.90. The van der Waals surface area contributed by atoms with Gasteiger partial charge in [-0.05, 0) is 152 Å². The van der Waals surface area contributed by atoms with E-state index in [0.29, 0.717) is 0 Å². The zero-order valence-electron chi connectivity index (χ0n) is 29.8. The van der Waals surface area contributed by atoms with Crippen LogP contribution in [0.4, 0.5) is 0 Å². The number of hydrogen-bond acceptors (Lipinski definition) is 0. The van der Waals surface area contributed by atoms with Gasteiger partial charge in [0, 0.05) is 16.5 Å². The van der Waals surface area contributed by atoms with Crippen molar-refractivity contribution in [2.24, 2.45) is 0 Å². The van der Waals surface area contributed by atoms with Crippen molar-refractivity contribution >= 4 is 97.2 Å². The van der Waals surface area contributed by atoms with Crippen LogP contribution in [-0.2, 0) is 0 Å². The second kappa shape index (κ2) is 10.7. The van der Waals surface area contributed by atoms with Gasteiger partial charge in [0.15, 0.2) is 0 Å². The molecule has 0 aliphatic carbocycles. The van der Waals surface area contributed by atoms with E-state index >= 15 is 0 Å². The van der Waals surface area contributed by atoms with Gasteiger partial charge in [0.05, 0.1) is 11.0 Å². The van der Waals surface area contributed by atoms with Crippen LogP contribution in [-0.4, -0.2) is 4.57 Å². The second-order valence-electron chi connectivity index (χ2n) is 15.3. The van der Waals surface area contributed by atoms with Gasteiger partial charge < -0.3 is 4.57 Å². The number of aromatic nitrogens is 1. The molecule has 55 heavy (non-hydrogen) atoms. The van der Waals surface area contributed by atoms with Gasteiger partial charge in [0.2, 0.25) is 0 Å². The lowest BCUT2D eigenvalue weighted by molar-refractivity contribution is 1.18. The Morgan fingerprint density at radius 3 is 1.35 bits per heavy atom. The number of rotatable bonds is 3. The highest BCUT2D eigenvalue weighted by Gasteiger charge is 2.18.